The molecule has 1 heterocycles. The van der Waals surface area contributed by atoms with E-state index < -0.39 is 0 Å². The Hall–Kier alpha value is -0.830. The minimum atomic E-state index is -0.0494. The maximum Gasteiger partial charge on any atom is 0.310 e. The van der Waals surface area contributed by atoms with Gasteiger partial charge in [-0.1, -0.05) is 19.4 Å². The Morgan fingerprint density at radius 3 is 2.82 bits per heavy atom. The molecule has 0 aromatic carbocycles. The van der Waals surface area contributed by atoms with Crippen LogP contribution in [0.5, 0.6) is 0 Å². The van der Waals surface area contributed by atoms with E-state index in [0.717, 1.165) is 26.1 Å². The number of esters is 1. The number of hydrogen-bond acceptors (Lipinski definition) is 3. The van der Waals surface area contributed by atoms with E-state index in [4.69, 9.17) is 4.74 Å². The molecular formula is C14H25NO2. The predicted molar refractivity (Wildman–Crippen MR) is 69.8 cm³/mol. The van der Waals surface area contributed by atoms with Crippen molar-refractivity contribution in [2.24, 2.45) is 11.8 Å². The van der Waals surface area contributed by atoms with Crippen LogP contribution in [0.25, 0.3) is 0 Å². The van der Waals surface area contributed by atoms with Crippen LogP contribution in [0.15, 0.2) is 12.7 Å². The average Bonchev–Trinajstić information content (AvgIpc) is 2.69. The van der Waals surface area contributed by atoms with Gasteiger partial charge in [-0.25, -0.2) is 0 Å². The number of allylic oxidation sites excluding steroid dienone is 1. The van der Waals surface area contributed by atoms with Gasteiger partial charge in [0.25, 0.3) is 0 Å². The van der Waals surface area contributed by atoms with Crippen LogP contribution >= 0.6 is 0 Å². The Balaban J connectivity index is 2.20. The largest absolute Gasteiger partial charge is 0.469 e. The highest BCUT2D eigenvalue weighted by atomic mass is 16.5. The van der Waals surface area contributed by atoms with Gasteiger partial charge in [0.15, 0.2) is 0 Å². The van der Waals surface area contributed by atoms with Crippen molar-refractivity contribution in [3.8, 4) is 0 Å². The monoisotopic (exact) mass is 239 g/mol. The average molecular weight is 239 g/mol. The first-order valence-corrected chi connectivity index (χ1v) is 6.60. The molecule has 3 heteroatoms. The first-order chi connectivity index (χ1) is 8.19. The normalized spacial score (nSPS) is 24.8. The molecule has 0 aromatic heterocycles. The lowest BCUT2D eigenvalue weighted by Gasteiger charge is -2.14. The van der Waals surface area contributed by atoms with Crippen LogP contribution in [0.3, 0.4) is 0 Å². The highest BCUT2D eigenvalue weighted by molar-refractivity contribution is 5.73. The fourth-order valence-corrected chi connectivity index (χ4v) is 2.51. The summed E-state index contributed by atoms with van der Waals surface area (Å²) < 4.78 is 4.83. The Labute approximate surface area is 105 Å². The zero-order valence-electron chi connectivity index (χ0n) is 11.2. The molecule has 0 bridgehead atoms. The zero-order chi connectivity index (χ0) is 12.7. The van der Waals surface area contributed by atoms with E-state index >= 15 is 0 Å². The van der Waals surface area contributed by atoms with Crippen molar-refractivity contribution in [3.63, 3.8) is 0 Å². The number of unbranched alkanes of at least 4 members (excludes halogenated alkanes) is 3. The molecule has 17 heavy (non-hydrogen) atoms. The van der Waals surface area contributed by atoms with E-state index in [1.54, 1.807) is 0 Å². The summed E-state index contributed by atoms with van der Waals surface area (Å²) in [7, 11) is 1.48. The fraction of sp³-hybridized carbons (Fsp3) is 0.786. The molecule has 1 aliphatic rings. The van der Waals surface area contributed by atoms with Crippen molar-refractivity contribution < 1.29 is 9.53 Å². The third kappa shape index (κ3) is 4.50. The van der Waals surface area contributed by atoms with Crippen molar-refractivity contribution in [2.45, 2.75) is 32.6 Å². The summed E-state index contributed by atoms with van der Waals surface area (Å²) in [5, 5.41) is 0. The molecule has 2 atom stereocenters. The van der Waals surface area contributed by atoms with Gasteiger partial charge in [0.2, 0.25) is 0 Å². The summed E-state index contributed by atoms with van der Waals surface area (Å²) in [6.45, 7) is 8.87. The van der Waals surface area contributed by atoms with Crippen molar-refractivity contribution in [2.75, 3.05) is 26.7 Å². The minimum Gasteiger partial charge on any atom is -0.469 e. The van der Waals surface area contributed by atoms with Gasteiger partial charge in [0, 0.05) is 13.1 Å². The first kappa shape index (κ1) is 14.2. The van der Waals surface area contributed by atoms with E-state index in [9.17, 15) is 4.79 Å². The van der Waals surface area contributed by atoms with E-state index in [1.165, 1.54) is 26.4 Å². The maximum atomic E-state index is 11.5. The van der Waals surface area contributed by atoms with Crippen LogP contribution in [0.4, 0.5) is 0 Å². The molecule has 2 unspecified atom stereocenters. The van der Waals surface area contributed by atoms with Crippen molar-refractivity contribution >= 4 is 5.97 Å². The molecule has 1 saturated heterocycles. The molecule has 0 amide bonds. The van der Waals surface area contributed by atoms with Crippen LogP contribution in [0.2, 0.25) is 0 Å². The Morgan fingerprint density at radius 2 is 2.18 bits per heavy atom. The summed E-state index contributed by atoms with van der Waals surface area (Å²) >= 11 is 0. The van der Waals surface area contributed by atoms with Crippen LogP contribution in [-0.2, 0) is 9.53 Å². The lowest BCUT2D eigenvalue weighted by atomic mass is 9.99. The van der Waals surface area contributed by atoms with Gasteiger partial charge >= 0.3 is 5.97 Å². The third-order valence-electron chi connectivity index (χ3n) is 3.57. The summed E-state index contributed by atoms with van der Waals surface area (Å²) in [4.78, 5) is 13.9. The number of methoxy groups -OCH3 is 1. The lowest BCUT2D eigenvalue weighted by Crippen LogP contribution is -2.25. The highest BCUT2D eigenvalue weighted by Gasteiger charge is 2.34. The number of carbonyl (C=O) groups is 1. The van der Waals surface area contributed by atoms with Gasteiger partial charge in [0.05, 0.1) is 13.0 Å². The van der Waals surface area contributed by atoms with Crippen LogP contribution in [-0.4, -0.2) is 37.6 Å². The highest BCUT2D eigenvalue weighted by Crippen LogP contribution is 2.24. The zero-order valence-corrected chi connectivity index (χ0v) is 11.2. The number of ether oxygens (including phenoxy) is 1. The molecule has 1 aliphatic heterocycles. The van der Waals surface area contributed by atoms with Gasteiger partial charge in [0.1, 0.15) is 0 Å². The van der Waals surface area contributed by atoms with E-state index in [-0.39, 0.29) is 11.9 Å². The quantitative estimate of drug-likeness (QED) is 0.388. The number of hydrogen-bond donors (Lipinski definition) is 0. The molecule has 0 N–H and O–H groups in total. The molecule has 0 aromatic rings. The summed E-state index contributed by atoms with van der Waals surface area (Å²) in [6, 6.07) is 0. The van der Waals surface area contributed by atoms with Crippen LogP contribution in [0.1, 0.15) is 32.6 Å². The number of carbonyl (C=O) groups excluding carboxylic acids is 1. The molecule has 0 saturated carbocycles. The van der Waals surface area contributed by atoms with Gasteiger partial charge < -0.3 is 9.64 Å². The smallest absolute Gasteiger partial charge is 0.310 e. The Kier molecular flexibility index (Phi) is 6.27. The van der Waals surface area contributed by atoms with Crippen LogP contribution < -0.4 is 0 Å². The summed E-state index contributed by atoms with van der Waals surface area (Å²) in [5.74, 6) is 0.454. The fourth-order valence-electron chi connectivity index (χ4n) is 2.51. The maximum absolute atomic E-state index is 11.5. The number of nitrogens with zero attached hydrogens (tertiary/aromatic N) is 1. The standard InChI is InChI=1S/C14H25NO2/c1-4-5-6-7-8-9-15-10-12(2)13(11-15)14(16)17-3/h4,12-13H,1,5-11H2,2-3H3. The van der Waals surface area contributed by atoms with Crippen molar-refractivity contribution in [1.29, 1.82) is 0 Å². The predicted octanol–water partition coefficient (Wildman–Crippen LogP) is 2.47. The van der Waals surface area contributed by atoms with E-state index in [1.807, 2.05) is 6.08 Å². The second-order valence-electron chi connectivity index (χ2n) is 5.00. The van der Waals surface area contributed by atoms with Crippen molar-refractivity contribution in [1.82, 2.24) is 4.90 Å². The summed E-state index contributed by atoms with van der Waals surface area (Å²) in [5.41, 5.74) is 0. The van der Waals surface area contributed by atoms with E-state index in [2.05, 4.69) is 18.4 Å². The molecule has 0 aliphatic carbocycles. The summed E-state index contributed by atoms with van der Waals surface area (Å²) in [6.07, 6.45) is 6.79. The molecular weight excluding hydrogens is 214 g/mol. The van der Waals surface area contributed by atoms with Gasteiger partial charge in [-0.15, -0.1) is 6.58 Å². The van der Waals surface area contributed by atoms with Crippen LogP contribution in [0, 0.1) is 11.8 Å². The molecule has 1 fully saturated rings. The second kappa shape index (κ2) is 7.49. The SMILES string of the molecule is C=CCCCCCN1CC(C)C(C(=O)OC)C1. The molecule has 3 nitrogen and oxygen atoms in total. The van der Waals surface area contributed by atoms with Crippen molar-refractivity contribution in [3.05, 3.63) is 12.7 Å². The molecule has 0 spiro atoms. The first-order valence-electron chi connectivity index (χ1n) is 6.60. The minimum absolute atomic E-state index is 0.0494. The topological polar surface area (TPSA) is 29.5 Å². The van der Waals surface area contributed by atoms with Gasteiger partial charge in [-0.05, 0) is 31.7 Å². The number of rotatable bonds is 7. The second-order valence-corrected chi connectivity index (χ2v) is 5.00. The Bertz CT molecular complexity index is 253. The molecule has 1 rings (SSSR count). The number of likely N-dealkylation sites (tertiary alicyclic amines) is 1. The Morgan fingerprint density at radius 1 is 1.41 bits per heavy atom. The van der Waals surface area contributed by atoms with E-state index in [0.29, 0.717) is 5.92 Å². The molecule has 98 valence electrons. The molecule has 0 radical (unpaired) electrons. The third-order valence-corrected chi connectivity index (χ3v) is 3.57. The lowest BCUT2D eigenvalue weighted by molar-refractivity contribution is -0.146. The van der Waals surface area contributed by atoms with Gasteiger partial charge in [-0.3, -0.25) is 4.79 Å². The van der Waals surface area contributed by atoms with Gasteiger partial charge in [-0.2, -0.15) is 0 Å².